The van der Waals surface area contributed by atoms with Crippen LogP contribution in [0.5, 0.6) is 5.75 Å². The molecule has 1 atom stereocenters. The molecule has 130 valence electrons. The zero-order valence-corrected chi connectivity index (χ0v) is 13.9. The number of rotatable bonds is 4. The summed E-state index contributed by atoms with van der Waals surface area (Å²) in [6.45, 7) is -0.409. The molecule has 1 aliphatic carbocycles. The number of aliphatic carboxylic acids is 1. The van der Waals surface area contributed by atoms with E-state index in [9.17, 15) is 14.0 Å². The number of ether oxygens (including phenoxy) is 1. The van der Waals surface area contributed by atoms with Crippen LogP contribution in [0.25, 0.3) is 0 Å². The molecule has 1 saturated carbocycles. The molecule has 0 bridgehead atoms. The van der Waals surface area contributed by atoms with Crippen molar-refractivity contribution in [1.82, 2.24) is 4.90 Å². The SMILES string of the molecule is O=C(c1cc(Cl)ccc1OC1CCCC1)N1CCC(F)(C(=O)O)C1. The van der Waals surface area contributed by atoms with E-state index in [0.29, 0.717) is 10.8 Å². The van der Waals surface area contributed by atoms with Crippen molar-refractivity contribution in [2.24, 2.45) is 0 Å². The van der Waals surface area contributed by atoms with Gasteiger partial charge in [-0.25, -0.2) is 9.18 Å². The van der Waals surface area contributed by atoms with Gasteiger partial charge in [0, 0.05) is 18.0 Å². The van der Waals surface area contributed by atoms with Gasteiger partial charge in [0.2, 0.25) is 5.67 Å². The molecule has 1 saturated heterocycles. The molecule has 7 heteroatoms. The third-order valence-electron chi connectivity index (χ3n) is 4.66. The van der Waals surface area contributed by atoms with E-state index in [-0.39, 0.29) is 24.6 Å². The summed E-state index contributed by atoms with van der Waals surface area (Å²) in [5.74, 6) is -1.57. The number of benzene rings is 1. The number of carbonyl (C=O) groups is 2. The second-order valence-corrected chi connectivity index (χ2v) is 6.85. The second-order valence-electron chi connectivity index (χ2n) is 6.41. The van der Waals surface area contributed by atoms with Crippen molar-refractivity contribution >= 4 is 23.5 Å². The van der Waals surface area contributed by atoms with Crippen LogP contribution in [0.1, 0.15) is 42.5 Å². The lowest BCUT2D eigenvalue weighted by Gasteiger charge is -2.21. The molecule has 5 nitrogen and oxygen atoms in total. The number of halogens is 2. The Kier molecular flexibility index (Phi) is 4.67. The number of amides is 1. The van der Waals surface area contributed by atoms with E-state index >= 15 is 0 Å². The molecule has 1 aromatic rings. The third kappa shape index (κ3) is 3.34. The Morgan fingerprint density at radius 2 is 2.04 bits per heavy atom. The van der Waals surface area contributed by atoms with Crippen molar-refractivity contribution in [3.05, 3.63) is 28.8 Å². The molecule has 24 heavy (non-hydrogen) atoms. The van der Waals surface area contributed by atoms with Crippen LogP contribution >= 0.6 is 11.6 Å². The highest BCUT2D eigenvalue weighted by atomic mass is 35.5. The smallest absolute Gasteiger partial charge is 0.343 e. The van der Waals surface area contributed by atoms with Crippen molar-refractivity contribution in [3.63, 3.8) is 0 Å². The first-order valence-electron chi connectivity index (χ1n) is 8.07. The first-order chi connectivity index (χ1) is 11.4. The number of alkyl halides is 1. The van der Waals surface area contributed by atoms with Gasteiger partial charge < -0.3 is 14.7 Å². The van der Waals surface area contributed by atoms with E-state index in [1.54, 1.807) is 12.1 Å². The maximum absolute atomic E-state index is 14.2. The van der Waals surface area contributed by atoms with Gasteiger partial charge in [0.25, 0.3) is 5.91 Å². The Balaban J connectivity index is 1.81. The molecule has 1 N–H and O–H groups in total. The summed E-state index contributed by atoms with van der Waals surface area (Å²) in [5, 5.41) is 9.35. The topological polar surface area (TPSA) is 66.8 Å². The molecular weight excluding hydrogens is 337 g/mol. The number of carbonyl (C=O) groups excluding carboxylic acids is 1. The van der Waals surface area contributed by atoms with Gasteiger partial charge in [0.15, 0.2) is 0 Å². The number of likely N-dealkylation sites (tertiary alicyclic amines) is 1. The Morgan fingerprint density at radius 3 is 2.67 bits per heavy atom. The minimum Gasteiger partial charge on any atom is -0.490 e. The predicted octanol–water partition coefficient (Wildman–Crippen LogP) is 3.30. The summed E-state index contributed by atoms with van der Waals surface area (Å²) >= 11 is 6.00. The Hall–Kier alpha value is -1.82. The average molecular weight is 356 g/mol. The van der Waals surface area contributed by atoms with Gasteiger partial charge in [-0.1, -0.05) is 11.6 Å². The molecule has 2 fully saturated rings. The van der Waals surface area contributed by atoms with Gasteiger partial charge in [-0.2, -0.15) is 0 Å². The van der Waals surface area contributed by atoms with Crippen LogP contribution in [-0.4, -0.2) is 46.7 Å². The second kappa shape index (κ2) is 6.59. The van der Waals surface area contributed by atoms with Gasteiger partial charge in [-0.05, 0) is 43.9 Å². The lowest BCUT2D eigenvalue weighted by atomic mass is 10.1. The van der Waals surface area contributed by atoms with Crippen LogP contribution in [0, 0.1) is 0 Å². The Morgan fingerprint density at radius 1 is 1.33 bits per heavy atom. The minimum absolute atomic E-state index is 0.0526. The number of nitrogens with zero attached hydrogens (tertiary/aromatic N) is 1. The molecule has 0 aromatic heterocycles. The van der Waals surface area contributed by atoms with Crippen LogP contribution in [-0.2, 0) is 4.79 Å². The van der Waals surface area contributed by atoms with Gasteiger partial charge >= 0.3 is 5.97 Å². The molecule has 1 aliphatic heterocycles. The minimum atomic E-state index is -2.39. The molecule has 1 unspecified atom stereocenters. The van der Waals surface area contributed by atoms with Crippen LogP contribution in [0.3, 0.4) is 0 Å². The molecule has 1 aromatic carbocycles. The largest absolute Gasteiger partial charge is 0.490 e. The van der Waals surface area contributed by atoms with Crippen LogP contribution in [0.4, 0.5) is 4.39 Å². The van der Waals surface area contributed by atoms with Gasteiger partial charge in [-0.15, -0.1) is 0 Å². The molecular formula is C17H19ClFNO4. The number of hydrogen-bond acceptors (Lipinski definition) is 3. The van der Waals surface area contributed by atoms with E-state index < -0.39 is 24.1 Å². The summed E-state index contributed by atoms with van der Waals surface area (Å²) in [5.41, 5.74) is -2.13. The fraction of sp³-hybridized carbons (Fsp3) is 0.529. The first-order valence-corrected chi connectivity index (χ1v) is 8.45. The molecule has 1 heterocycles. The highest BCUT2D eigenvalue weighted by Crippen LogP contribution is 2.32. The summed E-state index contributed by atoms with van der Waals surface area (Å²) in [6.07, 6.45) is 3.91. The van der Waals surface area contributed by atoms with E-state index in [0.717, 1.165) is 25.7 Å². The van der Waals surface area contributed by atoms with E-state index in [1.165, 1.54) is 11.0 Å². The van der Waals surface area contributed by atoms with Crippen molar-refractivity contribution in [1.29, 1.82) is 0 Å². The zero-order valence-electron chi connectivity index (χ0n) is 13.1. The van der Waals surface area contributed by atoms with Crippen LogP contribution in [0.15, 0.2) is 18.2 Å². The fourth-order valence-electron chi connectivity index (χ4n) is 3.25. The lowest BCUT2D eigenvalue weighted by Crippen LogP contribution is -2.39. The van der Waals surface area contributed by atoms with Crippen molar-refractivity contribution in [2.45, 2.75) is 43.9 Å². The number of carboxylic acids is 1. The molecule has 3 rings (SSSR count). The van der Waals surface area contributed by atoms with E-state index in [4.69, 9.17) is 21.4 Å². The molecule has 1 amide bonds. The quantitative estimate of drug-likeness (QED) is 0.899. The summed E-state index contributed by atoms with van der Waals surface area (Å²) in [6, 6.07) is 4.78. The normalized spacial score (nSPS) is 24.3. The predicted molar refractivity (Wildman–Crippen MR) is 86.3 cm³/mol. The lowest BCUT2D eigenvalue weighted by molar-refractivity contribution is -0.149. The van der Waals surface area contributed by atoms with E-state index in [2.05, 4.69) is 0 Å². The highest BCUT2D eigenvalue weighted by molar-refractivity contribution is 6.31. The van der Waals surface area contributed by atoms with Gasteiger partial charge in [-0.3, -0.25) is 4.79 Å². The monoisotopic (exact) mass is 355 g/mol. The number of hydrogen-bond donors (Lipinski definition) is 1. The van der Waals surface area contributed by atoms with Crippen molar-refractivity contribution in [3.8, 4) is 5.75 Å². The summed E-state index contributed by atoms with van der Waals surface area (Å²) in [4.78, 5) is 25.0. The van der Waals surface area contributed by atoms with Gasteiger partial charge in [0.1, 0.15) is 5.75 Å². The summed E-state index contributed by atoms with van der Waals surface area (Å²) in [7, 11) is 0. The average Bonchev–Trinajstić information content (AvgIpc) is 3.19. The molecule has 0 radical (unpaired) electrons. The molecule has 2 aliphatic rings. The fourth-order valence-corrected chi connectivity index (χ4v) is 3.42. The maximum Gasteiger partial charge on any atom is 0.343 e. The van der Waals surface area contributed by atoms with Crippen LogP contribution in [0.2, 0.25) is 5.02 Å². The standard InChI is InChI=1S/C17H19ClFNO4/c18-11-5-6-14(24-12-3-1-2-4-12)13(9-11)15(21)20-8-7-17(19,10-20)16(22)23/h5-6,9,12H,1-4,7-8,10H2,(H,22,23). The van der Waals surface area contributed by atoms with Gasteiger partial charge in [0.05, 0.1) is 18.2 Å². The van der Waals surface area contributed by atoms with Crippen LogP contribution < -0.4 is 4.74 Å². The Bertz CT molecular complexity index is 662. The Labute approximate surface area is 144 Å². The van der Waals surface area contributed by atoms with E-state index in [1.807, 2.05) is 0 Å². The third-order valence-corrected chi connectivity index (χ3v) is 4.89. The highest BCUT2D eigenvalue weighted by Gasteiger charge is 2.47. The first kappa shape index (κ1) is 17.0. The van der Waals surface area contributed by atoms with Crippen molar-refractivity contribution < 1.29 is 23.8 Å². The maximum atomic E-state index is 14.2. The number of carboxylic acid groups (broad SMARTS) is 1. The van der Waals surface area contributed by atoms with Crippen molar-refractivity contribution in [2.75, 3.05) is 13.1 Å². The zero-order chi connectivity index (χ0) is 17.3. The molecule has 0 spiro atoms. The summed E-state index contributed by atoms with van der Waals surface area (Å²) < 4.78 is 20.1.